The second kappa shape index (κ2) is 8.52. The van der Waals surface area contributed by atoms with Gasteiger partial charge in [0.2, 0.25) is 0 Å². The van der Waals surface area contributed by atoms with E-state index in [0.29, 0.717) is 21.8 Å². The molecular weight excluding hydrogens is 422 g/mol. The van der Waals surface area contributed by atoms with Crippen molar-refractivity contribution in [3.63, 3.8) is 0 Å². The molecule has 3 aromatic carbocycles. The summed E-state index contributed by atoms with van der Waals surface area (Å²) in [6, 6.07) is 18.3. The number of amides is 2. The summed E-state index contributed by atoms with van der Waals surface area (Å²) in [6.45, 7) is 5.98. The highest BCUT2D eigenvalue weighted by Crippen LogP contribution is 2.38. The molecule has 162 valence electrons. The number of anilines is 2. The maximum absolute atomic E-state index is 13.4. The van der Waals surface area contributed by atoms with Crippen LogP contribution in [0.1, 0.15) is 16.7 Å². The van der Waals surface area contributed by atoms with Crippen molar-refractivity contribution in [2.24, 2.45) is 7.05 Å². The Balaban J connectivity index is 1.93. The number of carbonyl (C=O) groups is 1. The van der Waals surface area contributed by atoms with E-state index < -0.39 is 6.03 Å². The second-order valence-corrected chi connectivity index (χ2v) is 8.40. The first-order valence-corrected chi connectivity index (χ1v) is 10.7. The van der Waals surface area contributed by atoms with Crippen LogP contribution in [0.3, 0.4) is 0 Å². The molecule has 0 unspecified atom stereocenters. The molecule has 32 heavy (non-hydrogen) atoms. The molecule has 0 radical (unpaired) electrons. The van der Waals surface area contributed by atoms with Gasteiger partial charge in [-0.15, -0.1) is 0 Å². The van der Waals surface area contributed by atoms with Crippen molar-refractivity contribution in [2.45, 2.75) is 20.8 Å². The predicted molar refractivity (Wildman–Crippen MR) is 133 cm³/mol. The van der Waals surface area contributed by atoms with Gasteiger partial charge in [-0.2, -0.15) is 0 Å². The van der Waals surface area contributed by atoms with Crippen LogP contribution in [0, 0.1) is 20.8 Å². The number of fused-ring (bicyclic) bond motifs is 1. The van der Waals surface area contributed by atoms with Gasteiger partial charge in [0.25, 0.3) is 5.56 Å². The van der Waals surface area contributed by atoms with Gasteiger partial charge in [0, 0.05) is 34.3 Å². The third-order valence-corrected chi connectivity index (χ3v) is 6.00. The van der Waals surface area contributed by atoms with Gasteiger partial charge in [-0.3, -0.25) is 4.79 Å². The molecule has 2 N–H and O–H groups in total. The minimum absolute atomic E-state index is 0.182. The topological polar surface area (TPSA) is 63.1 Å². The number of pyridine rings is 1. The zero-order chi connectivity index (χ0) is 23.0. The van der Waals surface area contributed by atoms with E-state index in [4.69, 9.17) is 11.6 Å². The molecule has 0 aliphatic carbocycles. The summed E-state index contributed by atoms with van der Waals surface area (Å²) in [6.07, 6.45) is 0. The van der Waals surface area contributed by atoms with Crippen LogP contribution in [-0.4, -0.2) is 10.6 Å². The van der Waals surface area contributed by atoms with Crippen LogP contribution in [0.5, 0.6) is 0 Å². The number of benzene rings is 3. The molecule has 4 rings (SSSR count). The Kier molecular flexibility index (Phi) is 5.76. The zero-order valence-electron chi connectivity index (χ0n) is 18.4. The van der Waals surface area contributed by atoms with Crippen molar-refractivity contribution in [2.75, 3.05) is 10.6 Å². The highest BCUT2D eigenvalue weighted by molar-refractivity contribution is 6.34. The van der Waals surface area contributed by atoms with Crippen molar-refractivity contribution < 1.29 is 4.79 Å². The predicted octanol–water partition coefficient (Wildman–Crippen LogP) is 6.43. The van der Waals surface area contributed by atoms with Crippen molar-refractivity contribution in [3.05, 3.63) is 92.7 Å². The lowest BCUT2D eigenvalue weighted by molar-refractivity contribution is 0.262. The molecule has 5 nitrogen and oxygen atoms in total. The van der Waals surface area contributed by atoms with Crippen LogP contribution in [0.25, 0.3) is 22.0 Å². The summed E-state index contributed by atoms with van der Waals surface area (Å²) in [7, 11) is 1.71. The van der Waals surface area contributed by atoms with E-state index in [1.165, 1.54) is 0 Å². The average Bonchev–Trinajstić information content (AvgIpc) is 2.74. The molecule has 6 heteroatoms. The van der Waals surface area contributed by atoms with Gasteiger partial charge in [0.1, 0.15) is 5.69 Å². The van der Waals surface area contributed by atoms with E-state index >= 15 is 0 Å². The molecule has 1 heterocycles. The third-order valence-electron chi connectivity index (χ3n) is 5.67. The maximum Gasteiger partial charge on any atom is 0.323 e. The molecule has 0 saturated carbocycles. The van der Waals surface area contributed by atoms with Gasteiger partial charge in [-0.25, -0.2) is 4.79 Å². The smallest absolute Gasteiger partial charge is 0.310 e. The second-order valence-electron chi connectivity index (χ2n) is 8.00. The molecule has 0 aliphatic heterocycles. The number of hydrogen-bond donors (Lipinski definition) is 2. The van der Waals surface area contributed by atoms with Gasteiger partial charge in [0.05, 0.1) is 5.52 Å². The number of nitrogens with zero attached hydrogens (tertiary/aromatic N) is 1. The Hall–Kier alpha value is -3.57. The average molecular weight is 446 g/mol. The number of hydrogen-bond acceptors (Lipinski definition) is 2. The first kappa shape index (κ1) is 21.7. The number of carbonyl (C=O) groups excluding carboxylic acids is 1. The highest BCUT2D eigenvalue weighted by atomic mass is 35.5. The minimum Gasteiger partial charge on any atom is -0.310 e. The Bertz CT molecular complexity index is 1420. The maximum atomic E-state index is 13.4. The fourth-order valence-corrected chi connectivity index (χ4v) is 4.09. The molecule has 0 spiro atoms. The molecule has 0 saturated heterocycles. The van der Waals surface area contributed by atoms with Crippen LogP contribution < -0.4 is 16.2 Å². The summed E-state index contributed by atoms with van der Waals surface area (Å²) in [5.41, 5.74) is 5.77. The fourth-order valence-electron chi connectivity index (χ4n) is 3.86. The van der Waals surface area contributed by atoms with Crippen LogP contribution in [-0.2, 0) is 7.05 Å². The van der Waals surface area contributed by atoms with Crippen LogP contribution >= 0.6 is 11.6 Å². The van der Waals surface area contributed by atoms with Gasteiger partial charge in [0.15, 0.2) is 0 Å². The van der Waals surface area contributed by atoms with Gasteiger partial charge >= 0.3 is 6.03 Å². The number of urea groups is 1. The Morgan fingerprint density at radius 3 is 2.34 bits per heavy atom. The van der Waals surface area contributed by atoms with E-state index in [2.05, 4.69) is 10.6 Å². The summed E-state index contributed by atoms with van der Waals surface area (Å²) >= 11 is 6.54. The van der Waals surface area contributed by atoms with Crippen molar-refractivity contribution in [1.29, 1.82) is 0 Å². The van der Waals surface area contributed by atoms with Crippen LogP contribution in [0.15, 0.2) is 65.5 Å². The number of rotatable bonds is 3. The Morgan fingerprint density at radius 1 is 0.906 bits per heavy atom. The van der Waals surface area contributed by atoms with Crippen LogP contribution in [0.4, 0.5) is 16.2 Å². The number of aromatic nitrogens is 1. The molecule has 0 bridgehead atoms. The number of nitrogens with one attached hydrogen (secondary N) is 2. The number of halogens is 1. The molecule has 0 aliphatic rings. The minimum atomic E-state index is -0.496. The molecule has 4 aromatic rings. The molecule has 2 amide bonds. The largest absolute Gasteiger partial charge is 0.323 e. The molecule has 1 aromatic heterocycles. The lowest BCUT2D eigenvalue weighted by atomic mass is 9.96. The highest BCUT2D eigenvalue weighted by Gasteiger charge is 2.21. The first-order valence-electron chi connectivity index (χ1n) is 10.3. The van der Waals surface area contributed by atoms with E-state index in [1.54, 1.807) is 23.7 Å². The first-order chi connectivity index (χ1) is 15.3. The van der Waals surface area contributed by atoms with Crippen molar-refractivity contribution in [1.82, 2.24) is 4.57 Å². The standard InChI is InChI=1S/C26H24ClN3O2/c1-15-8-7-9-18(12-15)28-26(32)29-24-23(19-10-5-6-11-21(19)27)20-13-16(2)17(3)14-22(20)30(4)25(24)31/h5-14H,1-4H3,(H2,28,29,32). The summed E-state index contributed by atoms with van der Waals surface area (Å²) in [5, 5.41) is 6.95. The Morgan fingerprint density at radius 2 is 1.62 bits per heavy atom. The summed E-state index contributed by atoms with van der Waals surface area (Å²) < 4.78 is 1.56. The van der Waals surface area contributed by atoms with Crippen molar-refractivity contribution in [3.8, 4) is 11.1 Å². The Labute approximate surface area is 191 Å². The SMILES string of the molecule is Cc1cccc(NC(=O)Nc2c(-c3ccccc3Cl)c3cc(C)c(C)cc3n(C)c2=O)c1. The van der Waals surface area contributed by atoms with Gasteiger partial charge in [-0.1, -0.05) is 41.9 Å². The summed E-state index contributed by atoms with van der Waals surface area (Å²) in [5.74, 6) is 0. The molecule has 0 fully saturated rings. The van der Waals surface area contributed by atoms with E-state index in [1.807, 2.05) is 69.3 Å². The van der Waals surface area contributed by atoms with Gasteiger partial charge in [-0.05, 0) is 67.8 Å². The normalized spacial score (nSPS) is 10.9. The van der Waals surface area contributed by atoms with Gasteiger partial charge < -0.3 is 15.2 Å². The quantitative estimate of drug-likeness (QED) is 0.381. The lowest BCUT2D eigenvalue weighted by Gasteiger charge is -2.19. The third kappa shape index (κ3) is 3.99. The van der Waals surface area contributed by atoms with E-state index in [0.717, 1.165) is 27.6 Å². The fraction of sp³-hybridized carbons (Fsp3) is 0.154. The summed E-state index contributed by atoms with van der Waals surface area (Å²) in [4.78, 5) is 26.3. The number of aryl methyl sites for hydroxylation is 4. The molecular formula is C26H24ClN3O2. The van der Waals surface area contributed by atoms with E-state index in [-0.39, 0.29) is 11.2 Å². The van der Waals surface area contributed by atoms with E-state index in [9.17, 15) is 9.59 Å². The monoisotopic (exact) mass is 445 g/mol. The lowest BCUT2D eigenvalue weighted by Crippen LogP contribution is -2.28. The van der Waals surface area contributed by atoms with Crippen molar-refractivity contribution >= 4 is 39.9 Å². The van der Waals surface area contributed by atoms with Crippen LogP contribution in [0.2, 0.25) is 5.02 Å². The zero-order valence-corrected chi connectivity index (χ0v) is 19.2. The molecule has 0 atom stereocenters.